The second-order valence-corrected chi connectivity index (χ2v) is 5.72. The highest BCUT2D eigenvalue weighted by Crippen LogP contribution is 2.32. The Morgan fingerprint density at radius 2 is 2.10 bits per heavy atom. The summed E-state index contributed by atoms with van der Waals surface area (Å²) in [5.74, 6) is -0.507. The molecule has 1 aliphatic heterocycles. The van der Waals surface area contributed by atoms with E-state index in [1.54, 1.807) is 0 Å². The first-order valence-corrected chi connectivity index (χ1v) is 7.18. The highest BCUT2D eigenvalue weighted by molar-refractivity contribution is 8.00. The van der Waals surface area contributed by atoms with Gasteiger partial charge in [-0.1, -0.05) is 18.2 Å². The second-order valence-electron chi connectivity index (χ2n) is 4.51. The van der Waals surface area contributed by atoms with Crippen LogP contribution in [0.5, 0.6) is 0 Å². The Labute approximate surface area is 122 Å². The molecule has 1 amide bonds. The Morgan fingerprint density at radius 1 is 1.40 bits per heavy atom. The molecule has 2 rings (SSSR count). The molecule has 5 nitrogen and oxygen atoms in total. The summed E-state index contributed by atoms with van der Waals surface area (Å²) in [6, 6.07) is 9.19. The summed E-state index contributed by atoms with van der Waals surface area (Å²) in [5, 5.41) is 2.33. The number of rotatable bonds is 5. The number of hydrogen-bond donors (Lipinski definition) is 1. The van der Waals surface area contributed by atoms with E-state index in [0.717, 1.165) is 4.90 Å². The van der Waals surface area contributed by atoms with Crippen LogP contribution in [-0.2, 0) is 19.1 Å². The minimum absolute atomic E-state index is 0.187. The van der Waals surface area contributed by atoms with Crippen molar-refractivity contribution in [2.24, 2.45) is 0 Å². The number of hydrogen-bond acceptors (Lipinski definition) is 5. The molecule has 1 aromatic rings. The van der Waals surface area contributed by atoms with Crippen LogP contribution in [-0.4, -0.2) is 43.0 Å². The maximum absolute atomic E-state index is 12.0. The molecular formula is C14H17NO4S. The molecule has 3 atom stereocenters. The van der Waals surface area contributed by atoms with Gasteiger partial charge in [0.15, 0.2) is 0 Å². The largest absolute Gasteiger partial charge is 0.457 e. The minimum atomic E-state index is -0.457. The zero-order valence-electron chi connectivity index (χ0n) is 11.4. The molecular weight excluding hydrogens is 278 g/mol. The van der Waals surface area contributed by atoms with E-state index in [2.05, 4.69) is 5.32 Å². The first-order chi connectivity index (χ1) is 9.61. The van der Waals surface area contributed by atoms with Crippen LogP contribution >= 0.6 is 11.8 Å². The molecule has 0 saturated carbocycles. The summed E-state index contributed by atoms with van der Waals surface area (Å²) in [7, 11) is 1.54. The number of benzene rings is 1. The number of carbonyl (C=O) groups excluding carboxylic acids is 2. The molecule has 0 unspecified atom stereocenters. The number of thioether (sulfide) groups is 1. The molecule has 0 radical (unpaired) electrons. The second kappa shape index (κ2) is 6.76. The van der Waals surface area contributed by atoms with Crippen LogP contribution in [0.1, 0.15) is 6.92 Å². The molecule has 0 spiro atoms. The molecule has 1 aliphatic rings. The molecule has 1 N–H and O–H groups in total. The number of ether oxygens (including phenoxy) is 2. The molecule has 1 fully saturated rings. The molecule has 1 aromatic carbocycles. The maximum Gasteiger partial charge on any atom is 0.322 e. The van der Waals surface area contributed by atoms with Crippen molar-refractivity contribution in [1.29, 1.82) is 0 Å². The van der Waals surface area contributed by atoms with Gasteiger partial charge in [0.25, 0.3) is 0 Å². The van der Waals surface area contributed by atoms with E-state index < -0.39 is 11.4 Å². The first-order valence-electron chi connectivity index (χ1n) is 6.30. The van der Waals surface area contributed by atoms with E-state index >= 15 is 0 Å². The highest BCUT2D eigenvalue weighted by atomic mass is 32.2. The molecule has 1 heterocycles. The van der Waals surface area contributed by atoms with Crippen LogP contribution in [0.25, 0.3) is 0 Å². The normalized spacial score (nSPS) is 25.3. The average molecular weight is 295 g/mol. The Bertz CT molecular complexity index is 479. The van der Waals surface area contributed by atoms with Gasteiger partial charge in [0.05, 0.1) is 12.6 Å². The lowest BCUT2D eigenvalue weighted by molar-refractivity contribution is -0.143. The van der Waals surface area contributed by atoms with Crippen LogP contribution in [0.15, 0.2) is 35.2 Å². The van der Waals surface area contributed by atoms with Crippen LogP contribution in [0, 0.1) is 0 Å². The Balaban J connectivity index is 2.15. The van der Waals surface area contributed by atoms with Gasteiger partial charge in [-0.15, -0.1) is 11.8 Å². The van der Waals surface area contributed by atoms with Gasteiger partial charge in [-0.05, 0) is 12.1 Å². The maximum atomic E-state index is 12.0. The van der Waals surface area contributed by atoms with Gasteiger partial charge in [0.2, 0.25) is 5.91 Å². The number of amides is 1. The summed E-state index contributed by atoms with van der Waals surface area (Å²) in [4.78, 5) is 24.3. The summed E-state index contributed by atoms with van der Waals surface area (Å²) in [5.41, 5.74) is 0. The molecule has 0 bridgehead atoms. The fourth-order valence-electron chi connectivity index (χ4n) is 2.10. The Kier molecular flexibility index (Phi) is 5.03. The fraction of sp³-hybridized carbons (Fsp3) is 0.429. The van der Waals surface area contributed by atoms with Crippen molar-refractivity contribution in [2.45, 2.75) is 29.2 Å². The molecule has 1 saturated heterocycles. The smallest absolute Gasteiger partial charge is 0.322 e. The van der Waals surface area contributed by atoms with Crippen molar-refractivity contribution in [3.8, 4) is 0 Å². The van der Waals surface area contributed by atoms with Gasteiger partial charge in [-0.3, -0.25) is 9.59 Å². The lowest BCUT2D eigenvalue weighted by atomic mass is 10.1. The van der Waals surface area contributed by atoms with Crippen molar-refractivity contribution in [3.63, 3.8) is 0 Å². The molecule has 0 aliphatic carbocycles. The van der Waals surface area contributed by atoms with Gasteiger partial charge in [-0.25, -0.2) is 0 Å². The predicted molar refractivity (Wildman–Crippen MR) is 75.4 cm³/mol. The number of methoxy groups -OCH3 is 1. The average Bonchev–Trinajstić information content (AvgIpc) is 2.68. The predicted octanol–water partition coefficient (Wildman–Crippen LogP) is 1.22. The summed E-state index contributed by atoms with van der Waals surface area (Å²) in [6.45, 7) is 1.69. The van der Waals surface area contributed by atoms with E-state index in [0.29, 0.717) is 0 Å². The van der Waals surface area contributed by atoms with E-state index in [1.165, 1.54) is 25.8 Å². The van der Waals surface area contributed by atoms with E-state index in [1.807, 2.05) is 30.3 Å². The van der Waals surface area contributed by atoms with Crippen LogP contribution in [0.4, 0.5) is 0 Å². The van der Waals surface area contributed by atoms with Gasteiger partial charge in [0, 0.05) is 18.9 Å². The van der Waals surface area contributed by atoms with Crippen molar-refractivity contribution < 1.29 is 19.1 Å². The van der Waals surface area contributed by atoms with Crippen molar-refractivity contribution in [3.05, 3.63) is 30.3 Å². The fourth-order valence-corrected chi connectivity index (χ4v) is 3.25. The van der Waals surface area contributed by atoms with Crippen LogP contribution in [0.3, 0.4) is 0 Å². The van der Waals surface area contributed by atoms with E-state index in [4.69, 9.17) is 9.47 Å². The number of carbonyl (C=O) groups is 2. The SMILES string of the molecule is COC[C@H]1OC(=O)[C@H](Sc2ccccc2)[C@H]1NC(C)=O. The lowest BCUT2D eigenvalue weighted by Gasteiger charge is -2.20. The first kappa shape index (κ1) is 14.9. The third-order valence-corrected chi connectivity index (χ3v) is 4.22. The van der Waals surface area contributed by atoms with Gasteiger partial charge >= 0.3 is 5.97 Å². The summed E-state index contributed by atoms with van der Waals surface area (Å²) >= 11 is 1.39. The molecule has 108 valence electrons. The van der Waals surface area contributed by atoms with E-state index in [-0.39, 0.29) is 24.5 Å². The zero-order chi connectivity index (χ0) is 14.5. The van der Waals surface area contributed by atoms with Gasteiger partial charge in [-0.2, -0.15) is 0 Å². The topological polar surface area (TPSA) is 64.6 Å². The third kappa shape index (κ3) is 3.52. The molecule has 0 aromatic heterocycles. The summed E-state index contributed by atoms with van der Waals surface area (Å²) in [6.07, 6.45) is -0.447. The number of nitrogens with one attached hydrogen (secondary N) is 1. The zero-order valence-corrected chi connectivity index (χ0v) is 12.2. The summed E-state index contributed by atoms with van der Waals surface area (Å²) < 4.78 is 10.3. The van der Waals surface area contributed by atoms with Crippen LogP contribution < -0.4 is 5.32 Å². The monoisotopic (exact) mass is 295 g/mol. The van der Waals surface area contributed by atoms with Crippen LogP contribution in [0.2, 0.25) is 0 Å². The van der Waals surface area contributed by atoms with Crippen molar-refractivity contribution in [1.82, 2.24) is 5.32 Å². The number of cyclic esters (lactones) is 1. The Morgan fingerprint density at radius 3 is 2.70 bits per heavy atom. The highest BCUT2D eigenvalue weighted by Gasteiger charge is 2.45. The standard InChI is InChI=1S/C14H17NO4S/c1-9(16)15-12-11(8-18-2)19-14(17)13(12)20-10-6-4-3-5-7-10/h3-7,11-13H,8H2,1-2H3,(H,15,16)/t11-,12+,13-/m1/s1. The van der Waals surface area contributed by atoms with Crippen molar-refractivity contribution >= 4 is 23.6 Å². The quantitative estimate of drug-likeness (QED) is 0.828. The minimum Gasteiger partial charge on any atom is -0.457 e. The van der Waals surface area contributed by atoms with E-state index in [9.17, 15) is 9.59 Å². The lowest BCUT2D eigenvalue weighted by Crippen LogP contribution is -2.46. The van der Waals surface area contributed by atoms with Gasteiger partial charge in [0.1, 0.15) is 11.4 Å². The Hall–Kier alpha value is -1.53. The number of esters is 1. The molecule has 20 heavy (non-hydrogen) atoms. The molecule has 6 heteroatoms. The third-order valence-electron chi connectivity index (χ3n) is 2.93. The van der Waals surface area contributed by atoms with Crippen molar-refractivity contribution in [2.75, 3.05) is 13.7 Å². The van der Waals surface area contributed by atoms with Gasteiger partial charge < -0.3 is 14.8 Å².